The number of rotatable bonds is 2. The molecule has 1 heterocycles. The summed E-state index contributed by atoms with van der Waals surface area (Å²) >= 11 is 11.8. The summed E-state index contributed by atoms with van der Waals surface area (Å²) in [6.07, 6.45) is 1.50. The summed E-state index contributed by atoms with van der Waals surface area (Å²) in [5.74, 6) is 0. The summed E-state index contributed by atoms with van der Waals surface area (Å²) in [6.45, 7) is 4.29. The first kappa shape index (κ1) is 13.2. The molecule has 1 aliphatic heterocycles. The lowest BCUT2D eigenvalue weighted by molar-refractivity contribution is 0.131. The maximum absolute atomic E-state index is 10.3. The van der Waals surface area contributed by atoms with Gasteiger partial charge in [0.25, 0.3) is 0 Å². The third kappa shape index (κ3) is 2.94. The van der Waals surface area contributed by atoms with Crippen LogP contribution in [0.5, 0.6) is 0 Å². The van der Waals surface area contributed by atoms with Gasteiger partial charge in [0, 0.05) is 11.6 Å². The van der Waals surface area contributed by atoms with Gasteiger partial charge in [0.2, 0.25) is 0 Å². The molecule has 1 saturated heterocycles. The predicted octanol–water partition coefficient (Wildman–Crippen LogP) is 3.56. The molecule has 1 aliphatic rings. The van der Waals surface area contributed by atoms with Gasteiger partial charge >= 0.3 is 0 Å². The number of nitrogens with one attached hydrogen (secondary N) is 1. The van der Waals surface area contributed by atoms with E-state index in [-0.39, 0.29) is 11.6 Å². The zero-order chi connectivity index (χ0) is 12.6. The molecule has 94 valence electrons. The molecule has 1 fully saturated rings. The molecule has 0 saturated carbocycles. The zero-order valence-corrected chi connectivity index (χ0v) is 11.5. The third-order valence-corrected chi connectivity index (χ3v) is 4.06. The van der Waals surface area contributed by atoms with E-state index in [1.807, 2.05) is 6.07 Å². The fraction of sp³-hybridized carbons (Fsp3) is 0.538. The van der Waals surface area contributed by atoms with Crippen molar-refractivity contribution in [2.75, 3.05) is 0 Å². The number of hydrogen-bond donors (Lipinski definition) is 2. The number of aliphatic hydroxyl groups excluding tert-OH is 1. The number of halogens is 2. The average molecular weight is 274 g/mol. The zero-order valence-electron chi connectivity index (χ0n) is 10.0. The van der Waals surface area contributed by atoms with Gasteiger partial charge in [-0.15, -0.1) is 0 Å². The Hall–Kier alpha value is -0.280. The lowest BCUT2D eigenvalue weighted by Gasteiger charge is -2.24. The topological polar surface area (TPSA) is 32.3 Å². The van der Waals surface area contributed by atoms with E-state index in [4.69, 9.17) is 23.2 Å². The van der Waals surface area contributed by atoms with Crippen molar-refractivity contribution in [3.63, 3.8) is 0 Å². The van der Waals surface area contributed by atoms with Gasteiger partial charge in [-0.2, -0.15) is 0 Å². The Bertz CT molecular complexity index is 420. The minimum atomic E-state index is -0.536. The van der Waals surface area contributed by atoms with E-state index in [1.54, 1.807) is 12.1 Å². The van der Waals surface area contributed by atoms with Crippen LogP contribution in [0, 0.1) is 0 Å². The molecule has 1 aromatic carbocycles. The van der Waals surface area contributed by atoms with Crippen molar-refractivity contribution in [2.24, 2.45) is 0 Å². The van der Waals surface area contributed by atoms with Crippen LogP contribution in [0.1, 0.15) is 38.4 Å². The Morgan fingerprint density at radius 1 is 1.35 bits per heavy atom. The average Bonchev–Trinajstić information content (AvgIpc) is 2.62. The number of hydrogen-bond acceptors (Lipinski definition) is 2. The molecule has 0 unspecified atom stereocenters. The highest BCUT2D eigenvalue weighted by Crippen LogP contribution is 2.32. The van der Waals surface area contributed by atoms with E-state index in [0.29, 0.717) is 10.0 Å². The highest BCUT2D eigenvalue weighted by molar-refractivity contribution is 6.42. The van der Waals surface area contributed by atoms with E-state index in [9.17, 15) is 5.11 Å². The lowest BCUT2D eigenvalue weighted by atomic mass is 10.0. The van der Waals surface area contributed by atoms with Crippen LogP contribution in [-0.2, 0) is 0 Å². The summed E-state index contributed by atoms with van der Waals surface area (Å²) in [5.41, 5.74) is 0.914. The molecule has 0 spiro atoms. The Balaban J connectivity index is 2.15. The second-order valence-electron chi connectivity index (χ2n) is 5.29. The van der Waals surface area contributed by atoms with E-state index in [1.165, 1.54) is 0 Å². The SMILES string of the molecule is CC1(C)CC[C@H]([C@H](O)c2ccc(Cl)c(Cl)c2)N1. The Morgan fingerprint density at radius 2 is 2.06 bits per heavy atom. The van der Waals surface area contributed by atoms with Crippen LogP contribution in [0.3, 0.4) is 0 Å². The van der Waals surface area contributed by atoms with Crippen molar-refractivity contribution in [1.29, 1.82) is 0 Å². The third-order valence-electron chi connectivity index (χ3n) is 3.32. The standard InChI is InChI=1S/C13H17Cl2NO/c1-13(2)6-5-11(16-13)12(17)8-3-4-9(14)10(15)7-8/h3-4,7,11-12,16-17H,5-6H2,1-2H3/t11-,12-/m1/s1. The predicted molar refractivity (Wildman–Crippen MR) is 71.7 cm³/mol. The fourth-order valence-electron chi connectivity index (χ4n) is 2.33. The first-order chi connectivity index (χ1) is 7.89. The summed E-state index contributed by atoms with van der Waals surface area (Å²) in [6, 6.07) is 5.37. The first-order valence-electron chi connectivity index (χ1n) is 5.80. The molecule has 1 aromatic rings. The van der Waals surface area contributed by atoms with Crippen molar-refractivity contribution >= 4 is 23.2 Å². The summed E-state index contributed by atoms with van der Waals surface area (Å²) in [5, 5.41) is 14.7. The van der Waals surface area contributed by atoms with Gasteiger partial charge in [0.1, 0.15) is 0 Å². The number of aliphatic hydroxyl groups is 1. The van der Waals surface area contributed by atoms with E-state index in [2.05, 4.69) is 19.2 Å². The van der Waals surface area contributed by atoms with Crippen LogP contribution < -0.4 is 5.32 Å². The van der Waals surface area contributed by atoms with Crippen LogP contribution in [0.4, 0.5) is 0 Å². The second-order valence-corrected chi connectivity index (χ2v) is 6.11. The van der Waals surface area contributed by atoms with E-state index in [0.717, 1.165) is 18.4 Å². The monoisotopic (exact) mass is 273 g/mol. The highest BCUT2D eigenvalue weighted by Gasteiger charge is 2.34. The van der Waals surface area contributed by atoms with Gasteiger partial charge in [0.15, 0.2) is 0 Å². The Labute approximate surface area is 112 Å². The number of benzene rings is 1. The van der Waals surface area contributed by atoms with Crippen LogP contribution in [0.25, 0.3) is 0 Å². The molecule has 0 bridgehead atoms. The summed E-state index contributed by atoms with van der Waals surface area (Å²) < 4.78 is 0. The molecule has 0 amide bonds. The maximum atomic E-state index is 10.3. The van der Waals surface area contributed by atoms with Crippen LogP contribution >= 0.6 is 23.2 Å². The van der Waals surface area contributed by atoms with Crippen molar-refractivity contribution in [1.82, 2.24) is 5.32 Å². The molecule has 0 aromatic heterocycles. The molecule has 2 N–H and O–H groups in total. The van der Waals surface area contributed by atoms with Crippen molar-refractivity contribution < 1.29 is 5.11 Å². The van der Waals surface area contributed by atoms with Gasteiger partial charge in [-0.1, -0.05) is 29.3 Å². The largest absolute Gasteiger partial charge is 0.387 e. The van der Waals surface area contributed by atoms with Crippen LogP contribution in [0.2, 0.25) is 10.0 Å². The quantitative estimate of drug-likeness (QED) is 0.864. The highest BCUT2D eigenvalue weighted by atomic mass is 35.5. The van der Waals surface area contributed by atoms with E-state index < -0.39 is 6.10 Å². The molecular formula is C13H17Cl2NO. The van der Waals surface area contributed by atoms with Gasteiger partial charge in [-0.05, 0) is 44.4 Å². The normalized spacial score (nSPS) is 24.9. The van der Waals surface area contributed by atoms with Crippen molar-refractivity contribution in [2.45, 2.75) is 44.4 Å². The molecule has 0 radical (unpaired) electrons. The molecule has 17 heavy (non-hydrogen) atoms. The maximum Gasteiger partial charge on any atom is 0.0943 e. The minimum Gasteiger partial charge on any atom is -0.387 e. The van der Waals surface area contributed by atoms with Gasteiger partial charge < -0.3 is 10.4 Å². The molecular weight excluding hydrogens is 257 g/mol. The molecule has 2 rings (SSSR count). The van der Waals surface area contributed by atoms with Crippen LogP contribution in [0.15, 0.2) is 18.2 Å². The minimum absolute atomic E-state index is 0.0854. The molecule has 2 nitrogen and oxygen atoms in total. The summed E-state index contributed by atoms with van der Waals surface area (Å²) in [4.78, 5) is 0. The lowest BCUT2D eigenvalue weighted by Crippen LogP contribution is -2.40. The van der Waals surface area contributed by atoms with Gasteiger partial charge in [-0.25, -0.2) is 0 Å². The summed E-state index contributed by atoms with van der Waals surface area (Å²) in [7, 11) is 0. The van der Waals surface area contributed by atoms with Crippen molar-refractivity contribution in [3.8, 4) is 0 Å². The molecule has 2 atom stereocenters. The molecule has 4 heteroatoms. The first-order valence-corrected chi connectivity index (χ1v) is 6.55. The second kappa shape index (κ2) is 4.77. The van der Waals surface area contributed by atoms with Crippen LogP contribution in [-0.4, -0.2) is 16.7 Å². The van der Waals surface area contributed by atoms with Crippen molar-refractivity contribution in [3.05, 3.63) is 33.8 Å². The Morgan fingerprint density at radius 3 is 2.59 bits per heavy atom. The Kier molecular flexibility index (Phi) is 3.69. The van der Waals surface area contributed by atoms with E-state index >= 15 is 0 Å². The van der Waals surface area contributed by atoms with Gasteiger partial charge in [0.05, 0.1) is 16.1 Å². The van der Waals surface area contributed by atoms with Gasteiger partial charge in [-0.3, -0.25) is 0 Å². The molecule has 0 aliphatic carbocycles. The fourth-order valence-corrected chi connectivity index (χ4v) is 2.63. The smallest absolute Gasteiger partial charge is 0.0943 e.